The lowest BCUT2D eigenvalue weighted by Crippen LogP contribution is -2.25. The number of aryl methyl sites for hydroxylation is 1. The van der Waals surface area contributed by atoms with Gasteiger partial charge in [0.2, 0.25) is 0 Å². The highest BCUT2D eigenvalue weighted by Gasteiger charge is 2.30. The normalized spacial score (nSPS) is 31.0. The van der Waals surface area contributed by atoms with E-state index in [9.17, 15) is 0 Å². The number of hydrogen-bond donors (Lipinski definition) is 0. The first-order chi connectivity index (χ1) is 11.8. The molecule has 0 spiro atoms. The summed E-state index contributed by atoms with van der Waals surface area (Å²) in [6, 6.07) is 11.5. The van der Waals surface area contributed by atoms with Crippen LogP contribution in [0.15, 0.2) is 36.4 Å². The van der Waals surface area contributed by atoms with E-state index in [4.69, 9.17) is 5.26 Å². The zero-order valence-electron chi connectivity index (χ0n) is 15.1. The maximum absolute atomic E-state index is 8.66. The summed E-state index contributed by atoms with van der Waals surface area (Å²) in [7, 11) is 0. The van der Waals surface area contributed by atoms with E-state index in [1.54, 1.807) is 11.6 Å². The van der Waals surface area contributed by atoms with Crippen molar-refractivity contribution in [1.82, 2.24) is 0 Å². The summed E-state index contributed by atoms with van der Waals surface area (Å²) in [6.07, 6.45) is 15.9. The Labute approximate surface area is 147 Å². The third-order valence-corrected chi connectivity index (χ3v) is 6.56. The van der Waals surface area contributed by atoms with Crippen LogP contribution in [-0.2, 0) is 6.42 Å². The molecule has 0 heterocycles. The smallest absolute Gasteiger partial charge is 0.0908 e. The maximum Gasteiger partial charge on any atom is 0.0908 e. The van der Waals surface area contributed by atoms with Crippen molar-refractivity contribution in [2.45, 2.75) is 70.6 Å². The van der Waals surface area contributed by atoms with Crippen molar-refractivity contribution in [3.8, 4) is 6.07 Å². The zero-order valence-corrected chi connectivity index (χ0v) is 15.1. The Morgan fingerprint density at radius 2 is 1.50 bits per heavy atom. The fourth-order valence-electron chi connectivity index (χ4n) is 4.94. The SMILES string of the molecule is CCc1ccc(C2CCC(C3CCC(C=CC#N)CC3)CC2)cc1. The van der Waals surface area contributed by atoms with Crippen LogP contribution in [0.3, 0.4) is 0 Å². The van der Waals surface area contributed by atoms with Crippen molar-refractivity contribution in [2.75, 3.05) is 0 Å². The summed E-state index contributed by atoms with van der Waals surface area (Å²) in [6.45, 7) is 2.23. The number of rotatable bonds is 4. The molecule has 0 N–H and O–H groups in total. The first kappa shape index (κ1) is 17.3. The summed E-state index contributed by atoms with van der Waals surface area (Å²) >= 11 is 0. The van der Waals surface area contributed by atoms with Crippen LogP contribution in [0.25, 0.3) is 0 Å². The molecule has 0 aromatic heterocycles. The second-order valence-corrected chi connectivity index (χ2v) is 7.87. The Balaban J connectivity index is 1.47. The van der Waals surface area contributed by atoms with Gasteiger partial charge in [0.05, 0.1) is 6.07 Å². The molecule has 2 fully saturated rings. The van der Waals surface area contributed by atoms with Crippen LogP contribution in [-0.4, -0.2) is 0 Å². The summed E-state index contributed by atoms with van der Waals surface area (Å²) in [5.74, 6) is 3.36. The fraction of sp³-hybridized carbons (Fsp3) is 0.609. The molecule has 1 nitrogen and oxygen atoms in total. The van der Waals surface area contributed by atoms with Crippen LogP contribution >= 0.6 is 0 Å². The monoisotopic (exact) mass is 321 g/mol. The third-order valence-electron chi connectivity index (χ3n) is 6.56. The maximum atomic E-state index is 8.66. The topological polar surface area (TPSA) is 23.8 Å². The molecule has 1 aromatic carbocycles. The van der Waals surface area contributed by atoms with Crippen molar-refractivity contribution in [1.29, 1.82) is 5.26 Å². The van der Waals surface area contributed by atoms with Gasteiger partial charge in [0.25, 0.3) is 0 Å². The minimum absolute atomic E-state index is 0.661. The molecule has 2 saturated carbocycles. The van der Waals surface area contributed by atoms with Gasteiger partial charge in [-0.15, -0.1) is 0 Å². The van der Waals surface area contributed by atoms with E-state index in [2.05, 4.69) is 43.3 Å². The molecule has 2 aliphatic carbocycles. The standard InChI is InChI=1S/C23H31N/c1-2-18-5-9-20(10-6-18)22-13-15-23(16-14-22)21-11-7-19(8-12-21)4-3-17-24/h3-6,9-10,19,21-23H,2,7-8,11-16H2,1H3. The highest BCUT2D eigenvalue weighted by Crippen LogP contribution is 2.44. The van der Waals surface area contributed by atoms with Gasteiger partial charge in [0.1, 0.15) is 0 Å². The largest absolute Gasteiger partial charge is 0.193 e. The van der Waals surface area contributed by atoms with E-state index in [0.29, 0.717) is 5.92 Å². The summed E-state index contributed by atoms with van der Waals surface area (Å²) < 4.78 is 0. The predicted molar refractivity (Wildman–Crippen MR) is 101 cm³/mol. The molecule has 2 aliphatic rings. The van der Waals surface area contributed by atoms with Crippen LogP contribution in [0, 0.1) is 29.1 Å². The molecule has 128 valence electrons. The fourth-order valence-corrected chi connectivity index (χ4v) is 4.94. The van der Waals surface area contributed by atoms with E-state index < -0.39 is 0 Å². The van der Waals surface area contributed by atoms with Crippen LogP contribution < -0.4 is 0 Å². The van der Waals surface area contributed by atoms with Crippen molar-refractivity contribution < 1.29 is 0 Å². The van der Waals surface area contributed by atoms with Crippen molar-refractivity contribution in [2.24, 2.45) is 17.8 Å². The predicted octanol–water partition coefficient (Wildman–Crippen LogP) is 6.41. The van der Waals surface area contributed by atoms with Crippen LogP contribution in [0.2, 0.25) is 0 Å². The van der Waals surface area contributed by atoms with E-state index in [0.717, 1.165) is 24.2 Å². The lowest BCUT2D eigenvalue weighted by Gasteiger charge is -2.37. The van der Waals surface area contributed by atoms with Gasteiger partial charge in [-0.25, -0.2) is 0 Å². The van der Waals surface area contributed by atoms with E-state index >= 15 is 0 Å². The molecular formula is C23H31N. The second-order valence-electron chi connectivity index (χ2n) is 7.87. The highest BCUT2D eigenvalue weighted by atomic mass is 14.4. The molecule has 0 bridgehead atoms. The molecule has 24 heavy (non-hydrogen) atoms. The van der Waals surface area contributed by atoms with Gasteiger partial charge in [0, 0.05) is 6.08 Å². The van der Waals surface area contributed by atoms with Gasteiger partial charge in [0.15, 0.2) is 0 Å². The van der Waals surface area contributed by atoms with Crippen LogP contribution in [0.1, 0.15) is 75.3 Å². The second kappa shape index (κ2) is 8.52. The van der Waals surface area contributed by atoms with E-state index in [-0.39, 0.29) is 0 Å². The summed E-state index contributed by atoms with van der Waals surface area (Å²) in [5, 5.41) is 8.66. The zero-order chi connectivity index (χ0) is 16.8. The lowest BCUT2D eigenvalue weighted by atomic mass is 9.68. The summed E-state index contributed by atoms with van der Waals surface area (Å²) in [4.78, 5) is 0. The minimum Gasteiger partial charge on any atom is -0.193 e. The number of allylic oxidation sites excluding steroid dienone is 2. The molecule has 0 unspecified atom stereocenters. The Bertz CT molecular complexity index is 561. The Hall–Kier alpha value is -1.55. The Kier molecular flexibility index (Phi) is 6.13. The number of nitrogens with zero attached hydrogens (tertiary/aromatic N) is 1. The third kappa shape index (κ3) is 4.29. The van der Waals surface area contributed by atoms with Gasteiger partial charge >= 0.3 is 0 Å². The molecule has 1 aromatic rings. The van der Waals surface area contributed by atoms with Gasteiger partial charge in [-0.1, -0.05) is 37.3 Å². The van der Waals surface area contributed by atoms with Gasteiger partial charge < -0.3 is 0 Å². The first-order valence-corrected chi connectivity index (χ1v) is 9.95. The Morgan fingerprint density at radius 3 is 2.04 bits per heavy atom. The highest BCUT2D eigenvalue weighted by molar-refractivity contribution is 5.25. The number of nitriles is 1. The average molecular weight is 322 g/mol. The van der Waals surface area contributed by atoms with Crippen molar-refractivity contribution >= 4 is 0 Å². The Morgan fingerprint density at radius 1 is 0.917 bits per heavy atom. The molecule has 0 aliphatic heterocycles. The lowest BCUT2D eigenvalue weighted by molar-refractivity contribution is 0.171. The van der Waals surface area contributed by atoms with E-state index in [1.807, 2.05) is 0 Å². The van der Waals surface area contributed by atoms with E-state index in [1.165, 1.54) is 56.9 Å². The number of hydrogen-bond acceptors (Lipinski definition) is 1. The summed E-state index contributed by atoms with van der Waals surface area (Å²) in [5.41, 5.74) is 3.02. The van der Waals surface area contributed by atoms with Gasteiger partial charge in [-0.3, -0.25) is 0 Å². The molecule has 0 atom stereocenters. The quantitative estimate of drug-likeness (QED) is 0.588. The number of benzene rings is 1. The van der Waals surface area contributed by atoms with Crippen molar-refractivity contribution in [3.63, 3.8) is 0 Å². The van der Waals surface area contributed by atoms with Gasteiger partial charge in [-0.05, 0) is 92.6 Å². The molecular weight excluding hydrogens is 290 g/mol. The van der Waals surface area contributed by atoms with Crippen molar-refractivity contribution in [3.05, 3.63) is 47.5 Å². The molecule has 0 amide bonds. The molecule has 1 heteroatoms. The molecule has 0 radical (unpaired) electrons. The molecule has 3 rings (SSSR count). The molecule has 0 saturated heterocycles. The van der Waals surface area contributed by atoms with Crippen LogP contribution in [0.4, 0.5) is 0 Å². The minimum atomic E-state index is 0.661. The first-order valence-electron chi connectivity index (χ1n) is 9.95. The average Bonchev–Trinajstić information content (AvgIpc) is 2.67. The van der Waals surface area contributed by atoms with Crippen LogP contribution in [0.5, 0.6) is 0 Å². The van der Waals surface area contributed by atoms with Gasteiger partial charge in [-0.2, -0.15) is 5.26 Å².